The average Bonchev–Trinajstić information content (AvgIpc) is 3.01. The highest BCUT2D eigenvalue weighted by Crippen LogP contribution is 2.08. The van der Waals surface area contributed by atoms with Gasteiger partial charge in [-0.15, -0.1) is 0 Å². The first-order valence-electron chi connectivity index (χ1n) is 7.61. The normalized spacial score (nSPS) is 18.9. The average molecular weight is 291 g/mol. The van der Waals surface area contributed by atoms with E-state index in [0.717, 1.165) is 45.6 Å². The summed E-state index contributed by atoms with van der Waals surface area (Å²) in [6, 6.07) is 10.3. The Balaban J connectivity index is 1.50. The maximum atomic E-state index is 5.82. The van der Waals surface area contributed by atoms with Crippen molar-refractivity contribution in [2.75, 3.05) is 32.9 Å². The Morgan fingerprint density at radius 1 is 1.38 bits per heavy atom. The highest BCUT2D eigenvalue weighted by atomic mass is 16.5. The molecule has 1 aromatic carbocycles. The molecule has 21 heavy (non-hydrogen) atoms. The van der Waals surface area contributed by atoms with E-state index in [1.165, 1.54) is 5.56 Å². The van der Waals surface area contributed by atoms with Gasteiger partial charge in [-0.3, -0.25) is 4.99 Å². The van der Waals surface area contributed by atoms with Crippen molar-refractivity contribution in [1.29, 1.82) is 0 Å². The Hall–Kier alpha value is -1.59. The number of aliphatic imine (C=N–C) groups is 1. The molecule has 1 saturated heterocycles. The van der Waals surface area contributed by atoms with Crippen LogP contribution in [0.3, 0.4) is 0 Å². The molecule has 1 unspecified atom stereocenters. The molecular formula is C16H25N3O2. The summed E-state index contributed by atoms with van der Waals surface area (Å²) in [5.74, 6) is 0.509. The predicted octanol–water partition coefficient (Wildman–Crippen LogP) is 1.33. The minimum atomic E-state index is 0.273. The fourth-order valence-electron chi connectivity index (χ4n) is 2.19. The van der Waals surface area contributed by atoms with Gasteiger partial charge >= 0.3 is 0 Å². The third-order valence-electron chi connectivity index (χ3n) is 3.39. The summed E-state index contributed by atoms with van der Waals surface area (Å²) >= 11 is 0. The number of nitrogens with two attached hydrogens (primary N) is 1. The van der Waals surface area contributed by atoms with E-state index in [9.17, 15) is 0 Å². The molecule has 5 nitrogen and oxygen atoms in total. The lowest BCUT2D eigenvalue weighted by molar-refractivity contribution is 0.0424. The van der Waals surface area contributed by atoms with Crippen molar-refractivity contribution in [3.63, 3.8) is 0 Å². The maximum absolute atomic E-state index is 5.82. The van der Waals surface area contributed by atoms with Crippen LogP contribution in [-0.4, -0.2) is 45.0 Å². The van der Waals surface area contributed by atoms with E-state index in [1.54, 1.807) is 0 Å². The summed E-state index contributed by atoms with van der Waals surface area (Å²) in [7, 11) is 0. The largest absolute Gasteiger partial charge is 0.379 e. The molecule has 1 atom stereocenters. The van der Waals surface area contributed by atoms with E-state index < -0.39 is 0 Å². The number of hydrogen-bond acceptors (Lipinski definition) is 3. The second-order valence-electron chi connectivity index (χ2n) is 5.14. The third kappa shape index (κ3) is 6.60. The van der Waals surface area contributed by atoms with Crippen molar-refractivity contribution in [3.05, 3.63) is 35.9 Å². The molecule has 5 heteroatoms. The van der Waals surface area contributed by atoms with Crippen LogP contribution in [0.5, 0.6) is 0 Å². The first-order chi connectivity index (χ1) is 10.3. The molecular weight excluding hydrogens is 266 g/mol. The molecule has 1 heterocycles. The van der Waals surface area contributed by atoms with E-state index in [4.69, 9.17) is 15.2 Å². The van der Waals surface area contributed by atoms with Crippen molar-refractivity contribution in [3.8, 4) is 0 Å². The zero-order chi connectivity index (χ0) is 14.8. The minimum absolute atomic E-state index is 0.273. The number of nitrogens with one attached hydrogen (secondary N) is 1. The maximum Gasteiger partial charge on any atom is 0.188 e. The molecule has 0 spiro atoms. The molecule has 1 aliphatic rings. The number of nitrogens with zero attached hydrogens (tertiary/aromatic N) is 1. The quantitative estimate of drug-likeness (QED) is 0.431. The minimum Gasteiger partial charge on any atom is -0.379 e. The van der Waals surface area contributed by atoms with Crippen molar-refractivity contribution in [2.45, 2.75) is 25.4 Å². The van der Waals surface area contributed by atoms with Gasteiger partial charge in [-0.1, -0.05) is 30.3 Å². The Morgan fingerprint density at radius 3 is 3.00 bits per heavy atom. The van der Waals surface area contributed by atoms with Crippen molar-refractivity contribution < 1.29 is 9.47 Å². The number of guanidine groups is 1. The second kappa shape index (κ2) is 9.37. The fraction of sp³-hybridized carbons (Fsp3) is 0.562. The van der Waals surface area contributed by atoms with Crippen LogP contribution in [0.1, 0.15) is 18.4 Å². The van der Waals surface area contributed by atoms with E-state index in [1.807, 2.05) is 18.2 Å². The van der Waals surface area contributed by atoms with Gasteiger partial charge in [-0.2, -0.15) is 0 Å². The van der Waals surface area contributed by atoms with Gasteiger partial charge < -0.3 is 20.5 Å². The van der Waals surface area contributed by atoms with E-state index in [2.05, 4.69) is 22.4 Å². The summed E-state index contributed by atoms with van der Waals surface area (Å²) in [5.41, 5.74) is 7.12. The van der Waals surface area contributed by atoms with Gasteiger partial charge in [0.25, 0.3) is 0 Å². The topological polar surface area (TPSA) is 68.9 Å². The van der Waals surface area contributed by atoms with Crippen LogP contribution in [0.15, 0.2) is 35.3 Å². The number of rotatable bonds is 8. The second-order valence-corrected chi connectivity index (χ2v) is 5.14. The summed E-state index contributed by atoms with van der Waals surface area (Å²) in [5, 5.41) is 3.13. The van der Waals surface area contributed by atoms with Crippen LogP contribution in [0.2, 0.25) is 0 Å². The molecule has 0 bridgehead atoms. The Kier molecular flexibility index (Phi) is 7.04. The lowest BCUT2D eigenvalue weighted by Crippen LogP contribution is -2.33. The molecule has 0 aromatic heterocycles. The van der Waals surface area contributed by atoms with Crippen molar-refractivity contribution in [1.82, 2.24) is 5.32 Å². The monoisotopic (exact) mass is 291 g/mol. The van der Waals surface area contributed by atoms with Crippen molar-refractivity contribution >= 4 is 5.96 Å². The fourth-order valence-corrected chi connectivity index (χ4v) is 2.19. The van der Waals surface area contributed by atoms with Gasteiger partial charge in [0.2, 0.25) is 0 Å². The highest BCUT2D eigenvalue weighted by molar-refractivity contribution is 5.77. The molecule has 1 aliphatic heterocycles. The Morgan fingerprint density at radius 2 is 2.24 bits per heavy atom. The molecule has 116 valence electrons. The SMILES string of the molecule is NC(=NCCCOC1CCOC1)NCCc1ccccc1. The van der Waals surface area contributed by atoms with Gasteiger partial charge in [0, 0.05) is 26.3 Å². The smallest absolute Gasteiger partial charge is 0.188 e. The molecule has 0 amide bonds. The summed E-state index contributed by atoms with van der Waals surface area (Å²) in [6.07, 6.45) is 3.11. The Labute approximate surface area is 126 Å². The first-order valence-corrected chi connectivity index (χ1v) is 7.61. The van der Waals surface area contributed by atoms with Gasteiger partial charge in [-0.25, -0.2) is 0 Å². The van der Waals surface area contributed by atoms with Crippen molar-refractivity contribution in [2.24, 2.45) is 10.7 Å². The van der Waals surface area contributed by atoms with E-state index in [0.29, 0.717) is 12.5 Å². The number of benzene rings is 1. The van der Waals surface area contributed by atoms with Gasteiger partial charge in [0.15, 0.2) is 5.96 Å². The molecule has 1 aromatic rings. The molecule has 2 rings (SSSR count). The molecule has 0 saturated carbocycles. The van der Waals surface area contributed by atoms with Crippen LogP contribution in [0.25, 0.3) is 0 Å². The number of ether oxygens (including phenoxy) is 2. The zero-order valence-electron chi connectivity index (χ0n) is 12.5. The first kappa shape index (κ1) is 15.8. The third-order valence-corrected chi connectivity index (χ3v) is 3.39. The highest BCUT2D eigenvalue weighted by Gasteiger charge is 2.15. The van der Waals surface area contributed by atoms with Crippen LogP contribution in [0.4, 0.5) is 0 Å². The molecule has 0 aliphatic carbocycles. The molecule has 0 radical (unpaired) electrons. The van der Waals surface area contributed by atoms with Crippen LogP contribution in [-0.2, 0) is 15.9 Å². The van der Waals surface area contributed by atoms with Gasteiger partial charge in [-0.05, 0) is 24.8 Å². The van der Waals surface area contributed by atoms with Crippen LogP contribution in [0, 0.1) is 0 Å². The number of hydrogen-bond donors (Lipinski definition) is 2. The van der Waals surface area contributed by atoms with Gasteiger partial charge in [0.1, 0.15) is 0 Å². The lowest BCUT2D eigenvalue weighted by Gasteiger charge is -2.09. The molecule has 1 fully saturated rings. The predicted molar refractivity (Wildman–Crippen MR) is 84.4 cm³/mol. The standard InChI is InChI=1S/C16H25N3O2/c17-16(19-10-7-14-5-2-1-3-6-14)18-9-4-11-21-15-8-12-20-13-15/h1-3,5-6,15H,4,7-13H2,(H3,17,18,19). The summed E-state index contributed by atoms with van der Waals surface area (Å²) in [6.45, 7) is 3.76. The van der Waals surface area contributed by atoms with Crippen LogP contribution >= 0.6 is 0 Å². The van der Waals surface area contributed by atoms with E-state index in [-0.39, 0.29) is 6.10 Å². The lowest BCUT2D eigenvalue weighted by atomic mass is 10.1. The van der Waals surface area contributed by atoms with E-state index >= 15 is 0 Å². The Bertz CT molecular complexity index is 417. The molecule has 3 N–H and O–H groups in total. The summed E-state index contributed by atoms with van der Waals surface area (Å²) in [4.78, 5) is 4.29. The zero-order valence-corrected chi connectivity index (χ0v) is 12.5. The van der Waals surface area contributed by atoms with Gasteiger partial charge in [0.05, 0.1) is 12.7 Å². The summed E-state index contributed by atoms with van der Waals surface area (Å²) < 4.78 is 10.9. The van der Waals surface area contributed by atoms with Crippen LogP contribution < -0.4 is 11.1 Å².